The Morgan fingerprint density at radius 3 is 2.55 bits per heavy atom. The Kier molecular flexibility index (Phi) is 7.09. The van der Waals surface area contributed by atoms with Crippen LogP contribution in [0.15, 0.2) is 42.6 Å². The number of amides is 1. The predicted molar refractivity (Wildman–Crippen MR) is 113 cm³/mol. The molecule has 0 aliphatic carbocycles. The lowest BCUT2D eigenvalue weighted by atomic mass is 10.1. The molecule has 0 unspecified atom stereocenters. The Bertz CT molecular complexity index is 968. The molecule has 1 amide bonds. The summed E-state index contributed by atoms with van der Waals surface area (Å²) in [5.41, 5.74) is 3.15. The fourth-order valence-corrected chi connectivity index (χ4v) is 3.41. The second kappa shape index (κ2) is 9.74. The van der Waals surface area contributed by atoms with Gasteiger partial charge in [-0.05, 0) is 50.2 Å². The number of carbonyl (C=O) groups is 1. The lowest BCUT2D eigenvalue weighted by Gasteiger charge is -2.18. The largest absolute Gasteiger partial charge is 0.493 e. The molecule has 0 spiro atoms. The van der Waals surface area contributed by atoms with Crippen LogP contribution in [0.5, 0.6) is 5.75 Å². The van der Waals surface area contributed by atoms with Crippen LogP contribution in [0.2, 0.25) is 5.02 Å². The summed E-state index contributed by atoms with van der Waals surface area (Å²) in [7, 11) is 0. The fraction of sp³-hybridized carbons (Fsp3) is 0.364. The summed E-state index contributed by atoms with van der Waals surface area (Å²) in [5, 5.41) is 0.578. The van der Waals surface area contributed by atoms with E-state index in [9.17, 15) is 9.18 Å². The van der Waals surface area contributed by atoms with Crippen LogP contribution in [-0.2, 0) is 11.2 Å². The summed E-state index contributed by atoms with van der Waals surface area (Å²) in [6, 6.07) is 11.1. The number of halogens is 2. The van der Waals surface area contributed by atoms with Crippen LogP contribution >= 0.6 is 11.6 Å². The fourth-order valence-electron chi connectivity index (χ4n) is 3.25. The maximum Gasteiger partial charge on any atom is 0.228 e. The maximum atomic E-state index is 12.8. The lowest BCUT2D eigenvalue weighted by Crippen LogP contribution is -2.32. The number of hydrogen-bond donors (Lipinski definition) is 0. The molecule has 0 aliphatic rings. The Balaban J connectivity index is 1.97. The highest BCUT2D eigenvalue weighted by Gasteiger charge is 2.20. The van der Waals surface area contributed by atoms with Crippen molar-refractivity contribution in [2.24, 2.45) is 0 Å². The minimum absolute atomic E-state index is 0.0456. The second-order valence-electron chi connectivity index (χ2n) is 6.64. The van der Waals surface area contributed by atoms with Gasteiger partial charge in [0.25, 0.3) is 0 Å². The van der Waals surface area contributed by atoms with Crippen molar-refractivity contribution in [2.75, 3.05) is 26.4 Å². The molecule has 154 valence electrons. The zero-order valence-corrected chi connectivity index (χ0v) is 17.5. The summed E-state index contributed by atoms with van der Waals surface area (Å²) in [5.74, 6) is 0.721. The molecule has 0 atom stereocenters. The molecule has 3 rings (SSSR count). The first kappa shape index (κ1) is 21.1. The SMILES string of the molecule is CCN(CC)C(=O)Cc1c(-c2ccc(OCCC[18F])cc2)nc2ccc(Cl)cn12. The van der Waals surface area contributed by atoms with Crippen molar-refractivity contribution in [3.8, 4) is 17.0 Å². The van der Waals surface area contributed by atoms with Gasteiger partial charge in [-0.1, -0.05) is 11.6 Å². The number of benzene rings is 1. The molecule has 0 saturated heterocycles. The van der Waals surface area contributed by atoms with Crippen LogP contribution in [0.3, 0.4) is 0 Å². The summed E-state index contributed by atoms with van der Waals surface area (Å²) < 4.78 is 19.6. The third-order valence-corrected chi connectivity index (χ3v) is 5.01. The molecule has 29 heavy (non-hydrogen) atoms. The van der Waals surface area contributed by atoms with Crippen molar-refractivity contribution >= 4 is 23.2 Å². The van der Waals surface area contributed by atoms with E-state index in [0.717, 1.165) is 22.6 Å². The van der Waals surface area contributed by atoms with Crippen LogP contribution in [0, 0.1) is 0 Å². The third-order valence-electron chi connectivity index (χ3n) is 4.79. The number of pyridine rings is 1. The molecule has 0 N–H and O–H groups in total. The topological polar surface area (TPSA) is 46.8 Å². The van der Waals surface area contributed by atoms with E-state index in [1.165, 1.54) is 0 Å². The van der Waals surface area contributed by atoms with E-state index >= 15 is 0 Å². The van der Waals surface area contributed by atoms with Crippen LogP contribution < -0.4 is 4.74 Å². The molecular weight excluding hydrogens is 392 g/mol. The van der Waals surface area contributed by atoms with Crippen molar-refractivity contribution < 1.29 is 13.9 Å². The molecule has 3 aromatic rings. The summed E-state index contributed by atoms with van der Waals surface area (Å²) in [6.45, 7) is 5.20. The number of imidazole rings is 1. The van der Waals surface area contributed by atoms with Crippen LogP contribution in [0.1, 0.15) is 26.0 Å². The Labute approximate surface area is 175 Å². The Morgan fingerprint density at radius 1 is 1.17 bits per heavy atom. The molecule has 2 heterocycles. The van der Waals surface area contributed by atoms with Gasteiger partial charge in [-0.3, -0.25) is 9.18 Å². The monoisotopic (exact) mass is 416 g/mol. The maximum absolute atomic E-state index is 12.8. The third kappa shape index (κ3) is 4.88. The van der Waals surface area contributed by atoms with E-state index < -0.39 is 6.67 Å². The standard InChI is InChI=1S/C22H25ClFN3O2/c1-3-26(4-2)21(28)14-19-22(25-20-11-8-17(23)15-27(19)20)16-6-9-18(10-7-16)29-13-5-12-24/h6-11,15H,3-5,12-14H2,1-2H3/i24-1. The highest BCUT2D eigenvalue weighted by molar-refractivity contribution is 6.30. The predicted octanol–water partition coefficient (Wildman–Crippen LogP) is 4.80. The number of fused-ring (bicyclic) bond motifs is 1. The zero-order valence-electron chi connectivity index (χ0n) is 16.7. The van der Waals surface area contributed by atoms with Crippen molar-refractivity contribution in [3.63, 3.8) is 0 Å². The summed E-state index contributed by atoms with van der Waals surface area (Å²) >= 11 is 6.19. The van der Waals surface area contributed by atoms with Gasteiger partial charge in [-0.25, -0.2) is 4.98 Å². The number of ether oxygens (including phenoxy) is 1. The highest BCUT2D eigenvalue weighted by Crippen LogP contribution is 2.28. The molecule has 1 aromatic carbocycles. The number of alkyl halides is 1. The first-order valence-corrected chi connectivity index (χ1v) is 10.2. The van der Waals surface area contributed by atoms with Crippen LogP contribution in [0.25, 0.3) is 16.9 Å². The van der Waals surface area contributed by atoms with Crippen molar-refractivity contribution in [2.45, 2.75) is 26.7 Å². The number of hydrogen-bond acceptors (Lipinski definition) is 3. The van der Waals surface area contributed by atoms with Crippen LogP contribution in [-0.4, -0.2) is 46.6 Å². The normalized spacial score (nSPS) is 11.0. The number of likely N-dealkylation sites (N-methyl/N-ethyl adjacent to an activating group) is 1. The first-order valence-electron chi connectivity index (χ1n) is 9.80. The summed E-state index contributed by atoms with van der Waals surface area (Å²) in [6.07, 6.45) is 2.38. The van der Waals surface area contributed by atoms with Gasteiger partial charge in [0.05, 0.1) is 36.1 Å². The molecule has 0 radical (unpaired) electrons. The minimum Gasteiger partial charge on any atom is -0.493 e. The van der Waals surface area contributed by atoms with Crippen molar-refractivity contribution in [3.05, 3.63) is 53.3 Å². The summed E-state index contributed by atoms with van der Waals surface area (Å²) in [4.78, 5) is 19.3. The van der Waals surface area contributed by atoms with Gasteiger partial charge in [0, 0.05) is 31.3 Å². The molecule has 0 aliphatic heterocycles. The lowest BCUT2D eigenvalue weighted by molar-refractivity contribution is -0.130. The number of rotatable bonds is 9. The Hall–Kier alpha value is -2.60. The molecule has 0 bridgehead atoms. The van der Waals surface area contributed by atoms with E-state index in [2.05, 4.69) is 0 Å². The van der Waals surface area contributed by atoms with Gasteiger partial charge in [0.2, 0.25) is 5.91 Å². The molecule has 7 heteroatoms. The average molecular weight is 417 g/mol. The number of nitrogens with zero attached hydrogens (tertiary/aromatic N) is 3. The molecule has 0 fully saturated rings. The zero-order chi connectivity index (χ0) is 20.8. The van der Waals surface area contributed by atoms with Gasteiger partial charge in [-0.15, -0.1) is 0 Å². The quantitative estimate of drug-likeness (QED) is 0.470. The van der Waals surface area contributed by atoms with E-state index in [0.29, 0.717) is 36.9 Å². The first-order chi connectivity index (χ1) is 14.1. The molecule has 5 nitrogen and oxygen atoms in total. The van der Waals surface area contributed by atoms with E-state index in [1.807, 2.05) is 48.6 Å². The smallest absolute Gasteiger partial charge is 0.228 e. The Morgan fingerprint density at radius 2 is 1.90 bits per heavy atom. The molecule has 2 aromatic heterocycles. The minimum atomic E-state index is -0.397. The molecular formula is C22H25ClFN3O2. The second-order valence-corrected chi connectivity index (χ2v) is 7.08. The van der Waals surface area contributed by atoms with Gasteiger partial charge < -0.3 is 14.0 Å². The van der Waals surface area contributed by atoms with Crippen LogP contribution in [0.4, 0.5) is 4.39 Å². The van der Waals surface area contributed by atoms with E-state index in [1.54, 1.807) is 17.2 Å². The van der Waals surface area contributed by atoms with Gasteiger partial charge in [0.15, 0.2) is 0 Å². The van der Waals surface area contributed by atoms with Gasteiger partial charge >= 0.3 is 0 Å². The van der Waals surface area contributed by atoms with Crippen molar-refractivity contribution in [1.29, 1.82) is 0 Å². The average Bonchev–Trinajstić information content (AvgIpc) is 3.07. The van der Waals surface area contributed by atoms with Crippen molar-refractivity contribution in [1.82, 2.24) is 14.3 Å². The highest BCUT2D eigenvalue weighted by atomic mass is 35.5. The number of aromatic nitrogens is 2. The number of carbonyl (C=O) groups excluding carboxylic acids is 1. The van der Waals surface area contributed by atoms with Gasteiger partial charge in [-0.2, -0.15) is 0 Å². The van der Waals surface area contributed by atoms with E-state index in [-0.39, 0.29) is 12.3 Å². The van der Waals surface area contributed by atoms with Gasteiger partial charge in [0.1, 0.15) is 11.4 Å². The van der Waals surface area contributed by atoms with E-state index in [4.69, 9.17) is 21.3 Å². The molecule has 0 saturated carbocycles.